The molecule has 0 amide bonds. The standard InChI is InChI=1S/C8H9N5O2.C4H7N3O.CH4/c1-12-6-10-7(11-12)4-15-8(14)13-3-2-9-5-13;1-7-3-5-4(2-8)6-7;/h2-3,5-6H,4H2,1H3;3,8H,2H2,1H3;1H4. The van der Waals surface area contributed by atoms with E-state index in [4.69, 9.17) is 9.84 Å². The van der Waals surface area contributed by atoms with E-state index < -0.39 is 6.09 Å². The van der Waals surface area contributed by atoms with Crippen LogP contribution in [0.2, 0.25) is 0 Å². The molecule has 0 atom stereocenters. The summed E-state index contributed by atoms with van der Waals surface area (Å²) in [4.78, 5) is 22.7. The number of nitrogens with zero attached hydrogens (tertiary/aromatic N) is 8. The number of aliphatic hydroxyl groups is 1. The zero-order valence-corrected chi connectivity index (χ0v) is 12.6. The molecule has 3 aromatic heterocycles. The van der Waals surface area contributed by atoms with E-state index in [0.717, 1.165) is 0 Å². The number of ether oxygens (including phenoxy) is 1. The van der Waals surface area contributed by atoms with Crippen LogP contribution < -0.4 is 0 Å². The summed E-state index contributed by atoms with van der Waals surface area (Å²) >= 11 is 0. The summed E-state index contributed by atoms with van der Waals surface area (Å²) < 4.78 is 9.26. The molecule has 0 radical (unpaired) electrons. The third-order valence-corrected chi connectivity index (χ3v) is 2.48. The molecule has 24 heavy (non-hydrogen) atoms. The van der Waals surface area contributed by atoms with E-state index in [1.165, 1.54) is 23.3 Å². The average Bonchev–Trinajstić information content (AvgIpc) is 3.27. The van der Waals surface area contributed by atoms with Gasteiger partial charge < -0.3 is 9.84 Å². The molecule has 0 aromatic carbocycles. The first-order chi connectivity index (χ1) is 11.1. The molecule has 0 saturated heterocycles. The van der Waals surface area contributed by atoms with E-state index in [2.05, 4.69) is 25.1 Å². The number of aromatic nitrogens is 8. The fraction of sp³-hybridized carbons (Fsp3) is 0.385. The van der Waals surface area contributed by atoms with Crippen molar-refractivity contribution in [2.24, 2.45) is 14.1 Å². The molecule has 0 aliphatic heterocycles. The fourth-order valence-electron chi connectivity index (χ4n) is 1.47. The maximum Gasteiger partial charge on any atom is 0.419 e. The molecule has 0 unspecified atom stereocenters. The Morgan fingerprint density at radius 2 is 1.75 bits per heavy atom. The minimum Gasteiger partial charge on any atom is -0.441 e. The SMILES string of the molecule is C.Cn1cnc(CO)n1.Cn1cnc(COC(=O)n2ccnc2)n1. The molecular formula is C13H20N8O3. The van der Waals surface area contributed by atoms with Crippen LogP contribution in [-0.2, 0) is 32.0 Å². The van der Waals surface area contributed by atoms with E-state index in [0.29, 0.717) is 11.6 Å². The monoisotopic (exact) mass is 336 g/mol. The molecule has 3 aromatic rings. The van der Waals surface area contributed by atoms with Gasteiger partial charge >= 0.3 is 6.09 Å². The molecule has 0 fully saturated rings. The van der Waals surface area contributed by atoms with Crippen LogP contribution in [0.15, 0.2) is 31.4 Å². The van der Waals surface area contributed by atoms with Crippen LogP contribution in [0.1, 0.15) is 19.1 Å². The Balaban J connectivity index is 0.000000273. The summed E-state index contributed by atoms with van der Waals surface area (Å²) in [6.45, 7) is -0.0291. The zero-order valence-electron chi connectivity index (χ0n) is 12.6. The molecule has 0 saturated carbocycles. The molecular weight excluding hydrogens is 316 g/mol. The summed E-state index contributed by atoms with van der Waals surface area (Å²) in [6.07, 6.45) is 6.97. The van der Waals surface area contributed by atoms with Crippen LogP contribution >= 0.6 is 0 Å². The molecule has 0 spiro atoms. The van der Waals surface area contributed by atoms with Gasteiger partial charge in [0.25, 0.3) is 0 Å². The Hall–Kier alpha value is -3.08. The molecule has 11 nitrogen and oxygen atoms in total. The number of hydrogen-bond acceptors (Lipinski definition) is 8. The minimum atomic E-state index is -0.500. The van der Waals surface area contributed by atoms with Gasteiger partial charge in [0.1, 0.15) is 25.6 Å². The van der Waals surface area contributed by atoms with Crippen molar-refractivity contribution in [1.29, 1.82) is 0 Å². The molecule has 11 heteroatoms. The van der Waals surface area contributed by atoms with Crippen LogP contribution in [0.4, 0.5) is 4.79 Å². The van der Waals surface area contributed by atoms with Crippen LogP contribution in [0.5, 0.6) is 0 Å². The molecule has 1 N–H and O–H groups in total. The van der Waals surface area contributed by atoms with Crippen molar-refractivity contribution in [1.82, 2.24) is 39.1 Å². The Morgan fingerprint density at radius 1 is 1.12 bits per heavy atom. The van der Waals surface area contributed by atoms with Crippen LogP contribution in [-0.4, -0.2) is 50.3 Å². The van der Waals surface area contributed by atoms with Crippen molar-refractivity contribution >= 4 is 6.09 Å². The second-order valence-electron chi connectivity index (χ2n) is 4.35. The maximum atomic E-state index is 11.3. The fourth-order valence-corrected chi connectivity index (χ4v) is 1.47. The Morgan fingerprint density at radius 3 is 2.17 bits per heavy atom. The third-order valence-electron chi connectivity index (χ3n) is 2.48. The van der Waals surface area contributed by atoms with Crippen molar-refractivity contribution in [2.45, 2.75) is 20.6 Å². The van der Waals surface area contributed by atoms with Gasteiger partial charge in [-0.05, 0) is 0 Å². The van der Waals surface area contributed by atoms with Crippen molar-refractivity contribution in [3.63, 3.8) is 0 Å². The van der Waals surface area contributed by atoms with Crippen molar-refractivity contribution in [2.75, 3.05) is 0 Å². The molecule has 0 aliphatic carbocycles. The molecule has 0 aliphatic rings. The lowest BCUT2D eigenvalue weighted by Crippen LogP contribution is -2.12. The second kappa shape index (κ2) is 9.15. The predicted octanol–water partition coefficient (Wildman–Crippen LogP) is 0.140. The zero-order chi connectivity index (χ0) is 16.7. The maximum absolute atomic E-state index is 11.3. The Kier molecular flexibility index (Phi) is 7.23. The largest absolute Gasteiger partial charge is 0.441 e. The highest BCUT2D eigenvalue weighted by molar-refractivity contribution is 5.69. The Labute approximate surface area is 138 Å². The quantitative estimate of drug-likeness (QED) is 0.716. The van der Waals surface area contributed by atoms with Gasteiger partial charge in [-0.3, -0.25) is 9.36 Å². The molecule has 0 bridgehead atoms. The van der Waals surface area contributed by atoms with Gasteiger partial charge in [-0.25, -0.2) is 24.3 Å². The van der Waals surface area contributed by atoms with E-state index in [9.17, 15) is 4.79 Å². The normalized spacial score (nSPS) is 9.62. The first kappa shape index (κ1) is 19.0. The number of aryl methyl sites for hydroxylation is 2. The third kappa shape index (κ3) is 5.61. The second-order valence-corrected chi connectivity index (χ2v) is 4.35. The number of carbonyl (C=O) groups excluding carboxylic acids is 1. The lowest BCUT2D eigenvalue weighted by molar-refractivity contribution is 0.138. The highest BCUT2D eigenvalue weighted by Gasteiger charge is 2.06. The van der Waals surface area contributed by atoms with E-state index >= 15 is 0 Å². The van der Waals surface area contributed by atoms with Gasteiger partial charge in [0.05, 0.1) is 0 Å². The number of rotatable bonds is 3. The van der Waals surface area contributed by atoms with Gasteiger partial charge in [0.15, 0.2) is 18.3 Å². The smallest absolute Gasteiger partial charge is 0.419 e. The van der Waals surface area contributed by atoms with Gasteiger partial charge in [-0.15, -0.1) is 0 Å². The van der Waals surface area contributed by atoms with Crippen molar-refractivity contribution < 1.29 is 14.6 Å². The minimum absolute atomic E-state index is 0. The Bertz CT molecular complexity index is 734. The summed E-state index contributed by atoms with van der Waals surface area (Å²) in [6, 6.07) is 0. The van der Waals surface area contributed by atoms with Crippen LogP contribution in [0.3, 0.4) is 0 Å². The number of hydrogen-bond donors (Lipinski definition) is 1. The van der Waals surface area contributed by atoms with Gasteiger partial charge in [0.2, 0.25) is 0 Å². The van der Waals surface area contributed by atoms with Crippen LogP contribution in [0, 0.1) is 0 Å². The highest BCUT2D eigenvalue weighted by atomic mass is 16.5. The van der Waals surface area contributed by atoms with E-state index in [1.54, 1.807) is 36.1 Å². The number of aliphatic hydroxyl groups excluding tert-OH is 1. The van der Waals surface area contributed by atoms with Crippen molar-refractivity contribution in [3.05, 3.63) is 43.0 Å². The van der Waals surface area contributed by atoms with Gasteiger partial charge in [0, 0.05) is 26.5 Å². The molecule has 3 heterocycles. The molecule has 3 rings (SSSR count). The summed E-state index contributed by atoms with van der Waals surface area (Å²) in [5, 5.41) is 16.2. The van der Waals surface area contributed by atoms with E-state index in [-0.39, 0.29) is 20.6 Å². The lowest BCUT2D eigenvalue weighted by atomic mass is 10.7. The van der Waals surface area contributed by atoms with Gasteiger partial charge in [-0.1, -0.05) is 7.43 Å². The van der Waals surface area contributed by atoms with Crippen molar-refractivity contribution in [3.8, 4) is 0 Å². The first-order valence-corrected chi connectivity index (χ1v) is 6.53. The summed E-state index contributed by atoms with van der Waals surface area (Å²) in [7, 11) is 3.50. The lowest BCUT2D eigenvalue weighted by Gasteiger charge is -2.00. The van der Waals surface area contributed by atoms with Gasteiger partial charge in [-0.2, -0.15) is 10.2 Å². The predicted molar refractivity (Wildman–Crippen MR) is 82.5 cm³/mol. The highest BCUT2D eigenvalue weighted by Crippen LogP contribution is 1.95. The summed E-state index contributed by atoms with van der Waals surface area (Å²) in [5.74, 6) is 0.929. The average molecular weight is 336 g/mol. The van der Waals surface area contributed by atoms with E-state index in [1.807, 2.05) is 0 Å². The summed E-state index contributed by atoms with van der Waals surface area (Å²) in [5.41, 5.74) is 0. The topological polar surface area (TPSA) is 126 Å². The first-order valence-electron chi connectivity index (χ1n) is 6.53. The number of carbonyl (C=O) groups is 1. The molecule has 130 valence electrons. The van der Waals surface area contributed by atoms with Crippen LogP contribution in [0.25, 0.3) is 0 Å². The number of imidazole rings is 1.